The normalized spacial score (nSPS) is 18.0. The minimum absolute atomic E-state index is 0.0701. The predicted molar refractivity (Wildman–Crippen MR) is 97.9 cm³/mol. The van der Waals surface area contributed by atoms with Crippen molar-refractivity contribution >= 4 is 17.8 Å². The molecule has 1 spiro atoms. The van der Waals surface area contributed by atoms with Crippen molar-refractivity contribution in [2.24, 2.45) is 0 Å². The van der Waals surface area contributed by atoms with Crippen LogP contribution in [-0.4, -0.2) is 46.4 Å². The number of nitrogens with zero attached hydrogens (tertiary/aromatic N) is 2. The summed E-state index contributed by atoms with van der Waals surface area (Å²) in [6, 6.07) is 3.24. The Labute approximate surface area is 158 Å². The molecule has 8 nitrogen and oxygen atoms in total. The number of carbonyl (C=O) groups excluding carboxylic acids is 3. The molecule has 1 aromatic heterocycles. The number of ether oxygens (including phenoxy) is 1. The molecule has 4 amide bonds. The number of hydrogen-bond donors (Lipinski definition) is 2. The lowest BCUT2D eigenvalue weighted by molar-refractivity contribution is -0.131. The van der Waals surface area contributed by atoms with Crippen LogP contribution in [-0.2, 0) is 16.1 Å². The first-order chi connectivity index (χ1) is 13.1. The molecule has 0 aromatic carbocycles. The van der Waals surface area contributed by atoms with Crippen molar-refractivity contribution in [1.82, 2.24) is 20.5 Å². The molecule has 27 heavy (non-hydrogen) atoms. The Balaban J connectivity index is 1.49. The van der Waals surface area contributed by atoms with Crippen LogP contribution < -0.4 is 15.4 Å². The van der Waals surface area contributed by atoms with Crippen molar-refractivity contribution in [3.05, 3.63) is 23.9 Å². The molecule has 0 bridgehead atoms. The highest BCUT2D eigenvalue weighted by atomic mass is 16.5. The van der Waals surface area contributed by atoms with Gasteiger partial charge in [0.05, 0.1) is 6.61 Å². The summed E-state index contributed by atoms with van der Waals surface area (Å²) in [5.41, 5.74) is 0.0635. The predicted octanol–water partition coefficient (Wildman–Crippen LogP) is 1.74. The van der Waals surface area contributed by atoms with Crippen LogP contribution in [0.15, 0.2) is 18.3 Å². The number of aromatic nitrogens is 1. The molecule has 1 aliphatic heterocycles. The molecule has 1 saturated heterocycles. The first-order valence-electron chi connectivity index (χ1n) is 9.53. The maximum atomic E-state index is 12.6. The summed E-state index contributed by atoms with van der Waals surface area (Å²) in [4.78, 5) is 42.2. The van der Waals surface area contributed by atoms with Gasteiger partial charge in [-0.25, -0.2) is 9.78 Å². The van der Waals surface area contributed by atoms with Crippen molar-refractivity contribution in [3.63, 3.8) is 0 Å². The molecule has 1 saturated carbocycles. The van der Waals surface area contributed by atoms with E-state index in [0.717, 1.165) is 24.8 Å². The zero-order valence-corrected chi connectivity index (χ0v) is 15.6. The number of carbonyl (C=O) groups is 3. The number of nitrogens with one attached hydrogen (secondary N) is 2. The lowest BCUT2D eigenvalue weighted by Crippen LogP contribution is -2.44. The van der Waals surface area contributed by atoms with E-state index < -0.39 is 11.6 Å². The molecular weight excluding hydrogens is 348 g/mol. The standard InChI is InChI=1S/C19H26N4O4/c1-2-12-27-16-14(6-5-10-20-16)13-21-15(24)7-11-23-17(25)19(22-18(23)26)8-3-4-9-19/h5-6,10H,2-4,7-9,11-13H2,1H3,(H,21,24)(H,22,26). The number of hydrogen-bond acceptors (Lipinski definition) is 5. The fraction of sp³-hybridized carbons (Fsp3) is 0.579. The molecule has 1 aromatic rings. The molecule has 2 aliphatic rings. The van der Waals surface area contributed by atoms with Gasteiger partial charge in [-0.2, -0.15) is 0 Å². The van der Waals surface area contributed by atoms with Crippen LogP contribution >= 0.6 is 0 Å². The molecule has 8 heteroatoms. The molecule has 2 N–H and O–H groups in total. The van der Waals surface area contributed by atoms with Gasteiger partial charge in [0.2, 0.25) is 11.8 Å². The Hall–Kier alpha value is -2.64. The number of rotatable bonds is 8. The fourth-order valence-electron chi connectivity index (χ4n) is 3.58. The monoisotopic (exact) mass is 374 g/mol. The molecule has 0 atom stereocenters. The second-order valence-corrected chi connectivity index (χ2v) is 7.02. The van der Waals surface area contributed by atoms with Crippen LogP contribution in [0, 0.1) is 0 Å². The molecule has 3 rings (SSSR count). The van der Waals surface area contributed by atoms with Gasteiger partial charge >= 0.3 is 6.03 Å². The smallest absolute Gasteiger partial charge is 0.325 e. The molecule has 2 heterocycles. The van der Waals surface area contributed by atoms with Crippen LogP contribution in [0.3, 0.4) is 0 Å². The largest absolute Gasteiger partial charge is 0.477 e. The molecule has 146 valence electrons. The van der Waals surface area contributed by atoms with Crippen LogP contribution in [0.5, 0.6) is 5.88 Å². The first kappa shape index (κ1) is 19.1. The molecule has 0 radical (unpaired) electrons. The lowest BCUT2D eigenvalue weighted by atomic mass is 9.98. The number of pyridine rings is 1. The Morgan fingerprint density at radius 2 is 2.15 bits per heavy atom. The van der Waals surface area contributed by atoms with Gasteiger partial charge in [-0.1, -0.05) is 25.8 Å². The van der Waals surface area contributed by atoms with Crippen LogP contribution in [0.4, 0.5) is 4.79 Å². The van der Waals surface area contributed by atoms with E-state index in [4.69, 9.17) is 4.74 Å². The summed E-state index contributed by atoms with van der Waals surface area (Å²) >= 11 is 0. The maximum absolute atomic E-state index is 12.6. The van der Waals surface area contributed by atoms with Crippen molar-refractivity contribution in [1.29, 1.82) is 0 Å². The first-order valence-corrected chi connectivity index (χ1v) is 9.53. The minimum atomic E-state index is -0.727. The van der Waals surface area contributed by atoms with E-state index in [2.05, 4.69) is 15.6 Å². The van der Waals surface area contributed by atoms with E-state index in [1.165, 1.54) is 4.90 Å². The van der Waals surface area contributed by atoms with Crippen LogP contribution in [0.2, 0.25) is 0 Å². The zero-order chi connectivity index (χ0) is 19.3. The Bertz CT molecular complexity index is 715. The summed E-state index contributed by atoms with van der Waals surface area (Å²) in [5.74, 6) is 0.0884. The van der Waals surface area contributed by atoms with Crippen LogP contribution in [0.25, 0.3) is 0 Å². The van der Waals surface area contributed by atoms with Crippen LogP contribution in [0.1, 0.15) is 51.0 Å². The molecular formula is C19H26N4O4. The second-order valence-electron chi connectivity index (χ2n) is 7.02. The molecule has 2 fully saturated rings. The van der Waals surface area contributed by atoms with E-state index in [0.29, 0.717) is 25.3 Å². The quantitative estimate of drug-likeness (QED) is 0.675. The summed E-state index contributed by atoms with van der Waals surface area (Å²) in [6.45, 7) is 2.95. The molecule has 1 aliphatic carbocycles. The fourth-order valence-corrected chi connectivity index (χ4v) is 3.58. The summed E-state index contributed by atoms with van der Waals surface area (Å²) in [6.07, 6.45) is 5.83. The van der Waals surface area contributed by atoms with Gasteiger partial charge in [0.1, 0.15) is 5.54 Å². The summed E-state index contributed by atoms with van der Waals surface area (Å²) in [7, 11) is 0. The van der Waals surface area contributed by atoms with Gasteiger partial charge < -0.3 is 15.4 Å². The maximum Gasteiger partial charge on any atom is 0.325 e. The van der Waals surface area contributed by atoms with Crippen molar-refractivity contribution in [2.75, 3.05) is 13.2 Å². The topological polar surface area (TPSA) is 101 Å². The van der Waals surface area contributed by atoms with Gasteiger partial charge in [0.25, 0.3) is 5.91 Å². The highest BCUT2D eigenvalue weighted by Gasteiger charge is 2.52. The SMILES string of the molecule is CCCOc1ncccc1CNC(=O)CCN1C(=O)NC2(CCCC2)C1=O. The Kier molecular flexibility index (Phi) is 5.93. The van der Waals surface area contributed by atoms with Gasteiger partial charge in [0, 0.05) is 31.3 Å². The van der Waals surface area contributed by atoms with E-state index in [-0.39, 0.29) is 31.3 Å². The van der Waals surface area contributed by atoms with Gasteiger partial charge in [-0.3, -0.25) is 14.5 Å². The number of urea groups is 1. The van der Waals surface area contributed by atoms with E-state index in [1.54, 1.807) is 12.3 Å². The third-order valence-corrected chi connectivity index (χ3v) is 5.03. The average molecular weight is 374 g/mol. The second kappa shape index (κ2) is 8.37. The Morgan fingerprint density at radius 1 is 1.37 bits per heavy atom. The highest BCUT2D eigenvalue weighted by molar-refractivity contribution is 6.07. The van der Waals surface area contributed by atoms with Gasteiger partial charge in [-0.15, -0.1) is 0 Å². The number of amides is 4. The lowest BCUT2D eigenvalue weighted by Gasteiger charge is -2.19. The molecule has 0 unspecified atom stereocenters. The summed E-state index contributed by atoms with van der Waals surface area (Å²) < 4.78 is 5.57. The Morgan fingerprint density at radius 3 is 2.89 bits per heavy atom. The zero-order valence-electron chi connectivity index (χ0n) is 15.6. The summed E-state index contributed by atoms with van der Waals surface area (Å²) in [5, 5.41) is 5.62. The van der Waals surface area contributed by atoms with Gasteiger partial charge in [-0.05, 0) is 25.3 Å². The van der Waals surface area contributed by atoms with Crippen molar-refractivity contribution < 1.29 is 19.1 Å². The third-order valence-electron chi connectivity index (χ3n) is 5.03. The van der Waals surface area contributed by atoms with Crippen molar-refractivity contribution in [3.8, 4) is 5.88 Å². The van der Waals surface area contributed by atoms with Gasteiger partial charge in [0.15, 0.2) is 0 Å². The van der Waals surface area contributed by atoms with E-state index in [1.807, 2.05) is 13.0 Å². The third kappa shape index (κ3) is 4.20. The highest BCUT2D eigenvalue weighted by Crippen LogP contribution is 2.35. The average Bonchev–Trinajstić information content (AvgIpc) is 3.23. The number of imide groups is 1. The van der Waals surface area contributed by atoms with E-state index in [9.17, 15) is 14.4 Å². The minimum Gasteiger partial charge on any atom is -0.477 e. The van der Waals surface area contributed by atoms with E-state index >= 15 is 0 Å². The van der Waals surface area contributed by atoms with Crippen molar-refractivity contribution in [2.45, 2.75) is 57.5 Å².